The van der Waals surface area contributed by atoms with E-state index in [-0.39, 0.29) is 17.6 Å². The summed E-state index contributed by atoms with van der Waals surface area (Å²) in [6, 6.07) is 4.87. The van der Waals surface area contributed by atoms with Crippen LogP contribution in [-0.2, 0) is 37.4 Å². The molecule has 2 aromatic heterocycles. The molecule has 0 N–H and O–H groups in total. The molecule has 10 heteroatoms. The lowest BCUT2D eigenvalue weighted by Gasteiger charge is -2.14. The predicted octanol–water partition coefficient (Wildman–Crippen LogP) is 3.09. The second kappa shape index (κ2) is 8.03. The van der Waals surface area contributed by atoms with Crippen molar-refractivity contribution in [2.24, 2.45) is 14.1 Å². The second-order valence-corrected chi connectivity index (χ2v) is 7.42. The van der Waals surface area contributed by atoms with Crippen LogP contribution in [0.3, 0.4) is 0 Å². The lowest BCUT2D eigenvalue weighted by atomic mass is 10.1. The molecule has 3 rings (SSSR count). The van der Waals surface area contributed by atoms with Gasteiger partial charge in [-0.05, 0) is 17.7 Å². The average molecular weight is 425 g/mol. The molecule has 1 aromatic carbocycles. The van der Waals surface area contributed by atoms with Crippen LogP contribution in [0.4, 0.5) is 13.2 Å². The quantitative estimate of drug-likeness (QED) is 0.588. The zero-order valence-electron chi connectivity index (χ0n) is 15.9. The Morgan fingerprint density at radius 2 is 1.76 bits per heavy atom. The summed E-state index contributed by atoms with van der Waals surface area (Å²) in [4.78, 5) is 29.8. The van der Waals surface area contributed by atoms with E-state index in [1.165, 1.54) is 49.7 Å². The Labute approximate surface area is 167 Å². The van der Waals surface area contributed by atoms with Gasteiger partial charge in [0.1, 0.15) is 5.65 Å². The van der Waals surface area contributed by atoms with E-state index in [1.54, 1.807) is 6.20 Å². The SMILES string of the molecule is COCc1cnc2c(c1SCc1ccc(C(F)(F)F)cc1)c(=O)n(C)c(=O)n2C. The molecule has 0 aliphatic rings. The monoisotopic (exact) mass is 425 g/mol. The first-order valence-electron chi connectivity index (χ1n) is 8.50. The zero-order chi connectivity index (χ0) is 21.3. The van der Waals surface area contributed by atoms with Gasteiger partial charge >= 0.3 is 11.9 Å². The van der Waals surface area contributed by atoms with Crippen molar-refractivity contribution >= 4 is 22.8 Å². The molecule has 0 atom stereocenters. The van der Waals surface area contributed by atoms with Crippen molar-refractivity contribution < 1.29 is 17.9 Å². The molecule has 0 amide bonds. The number of ether oxygens (including phenoxy) is 1. The minimum Gasteiger partial charge on any atom is -0.380 e. The van der Waals surface area contributed by atoms with E-state index >= 15 is 0 Å². The maximum absolute atomic E-state index is 12.8. The van der Waals surface area contributed by atoms with Crippen molar-refractivity contribution in [3.63, 3.8) is 0 Å². The fourth-order valence-corrected chi connectivity index (χ4v) is 4.03. The van der Waals surface area contributed by atoms with E-state index in [0.29, 0.717) is 21.8 Å². The maximum Gasteiger partial charge on any atom is 0.416 e. The number of hydrogen-bond donors (Lipinski definition) is 0. The topological polar surface area (TPSA) is 66.1 Å². The van der Waals surface area contributed by atoms with Crippen molar-refractivity contribution in [2.75, 3.05) is 7.11 Å². The molecule has 6 nitrogen and oxygen atoms in total. The highest BCUT2D eigenvalue weighted by atomic mass is 32.2. The number of fused-ring (bicyclic) bond motifs is 1. The number of alkyl halides is 3. The van der Waals surface area contributed by atoms with E-state index in [0.717, 1.165) is 16.7 Å². The van der Waals surface area contributed by atoms with Crippen LogP contribution >= 0.6 is 11.8 Å². The van der Waals surface area contributed by atoms with Gasteiger partial charge < -0.3 is 4.74 Å². The van der Waals surface area contributed by atoms with Crippen LogP contribution in [0.2, 0.25) is 0 Å². The van der Waals surface area contributed by atoms with Crippen molar-refractivity contribution in [3.8, 4) is 0 Å². The largest absolute Gasteiger partial charge is 0.416 e. The number of nitrogens with zero attached hydrogens (tertiary/aromatic N) is 3. The summed E-state index contributed by atoms with van der Waals surface area (Å²) in [7, 11) is 4.42. The lowest BCUT2D eigenvalue weighted by molar-refractivity contribution is -0.137. The number of pyridine rings is 1. The van der Waals surface area contributed by atoms with Gasteiger partial charge in [-0.2, -0.15) is 13.2 Å². The number of aryl methyl sites for hydroxylation is 1. The molecular formula is C19H18F3N3O3S. The first-order chi connectivity index (χ1) is 13.6. The van der Waals surface area contributed by atoms with Crippen molar-refractivity contribution in [1.82, 2.24) is 14.1 Å². The van der Waals surface area contributed by atoms with Crippen molar-refractivity contribution in [1.29, 1.82) is 0 Å². The Morgan fingerprint density at radius 1 is 1.10 bits per heavy atom. The van der Waals surface area contributed by atoms with E-state index in [2.05, 4.69) is 4.98 Å². The third-order valence-corrected chi connectivity index (χ3v) is 5.69. The summed E-state index contributed by atoms with van der Waals surface area (Å²) in [6.45, 7) is 0.199. The highest BCUT2D eigenvalue weighted by molar-refractivity contribution is 7.98. The molecule has 0 saturated carbocycles. The Hall–Kier alpha value is -2.59. The number of benzene rings is 1. The number of halogens is 3. The van der Waals surface area contributed by atoms with Crippen LogP contribution in [0.5, 0.6) is 0 Å². The van der Waals surface area contributed by atoms with Gasteiger partial charge in [-0.15, -0.1) is 11.8 Å². The molecule has 0 aliphatic carbocycles. The molecule has 0 saturated heterocycles. The second-order valence-electron chi connectivity index (χ2n) is 6.43. The minimum atomic E-state index is -4.39. The molecule has 0 spiro atoms. The van der Waals surface area contributed by atoms with Crippen LogP contribution in [0.1, 0.15) is 16.7 Å². The minimum absolute atomic E-state index is 0.199. The van der Waals surface area contributed by atoms with Crippen LogP contribution in [0.15, 0.2) is 44.9 Å². The predicted molar refractivity (Wildman–Crippen MR) is 104 cm³/mol. The highest BCUT2D eigenvalue weighted by Crippen LogP contribution is 2.33. The Bertz CT molecular complexity index is 1170. The van der Waals surface area contributed by atoms with Gasteiger partial charge in [0.25, 0.3) is 5.56 Å². The first-order valence-corrected chi connectivity index (χ1v) is 9.49. The summed E-state index contributed by atoms with van der Waals surface area (Å²) in [5, 5.41) is 0.279. The highest BCUT2D eigenvalue weighted by Gasteiger charge is 2.30. The Balaban J connectivity index is 2.06. The maximum atomic E-state index is 12.8. The Kier molecular flexibility index (Phi) is 5.85. The molecule has 0 fully saturated rings. The van der Waals surface area contributed by atoms with Gasteiger partial charge in [-0.25, -0.2) is 9.78 Å². The molecular weight excluding hydrogens is 407 g/mol. The third-order valence-electron chi connectivity index (χ3n) is 4.46. The van der Waals surface area contributed by atoms with Crippen LogP contribution in [0.25, 0.3) is 11.0 Å². The van der Waals surface area contributed by atoms with Gasteiger partial charge in [-0.1, -0.05) is 12.1 Å². The van der Waals surface area contributed by atoms with Crippen molar-refractivity contribution in [2.45, 2.75) is 23.4 Å². The first kappa shape index (κ1) is 21.1. The molecule has 3 aromatic rings. The van der Waals surface area contributed by atoms with Crippen LogP contribution in [0, 0.1) is 0 Å². The van der Waals surface area contributed by atoms with Crippen LogP contribution < -0.4 is 11.2 Å². The number of rotatable bonds is 5. The van der Waals surface area contributed by atoms with Gasteiger partial charge in [-0.3, -0.25) is 13.9 Å². The van der Waals surface area contributed by atoms with E-state index in [1.807, 2.05) is 0 Å². The van der Waals surface area contributed by atoms with Gasteiger partial charge in [0.15, 0.2) is 0 Å². The molecule has 0 unspecified atom stereocenters. The third kappa shape index (κ3) is 4.08. The molecule has 2 heterocycles. The summed E-state index contributed by atoms with van der Waals surface area (Å²) in [5.41, 5.74) is -0.125. The normalized spacial score (nSPS) is 11.9. The summed E-state index contributed by atoms with van der Waals surface area (Å²) in [6.07, 6.45) is -2.85. The standard InChI is InChI=1S/C19H18F3N3O3S/c1-24-16-14(17(26)25(2)18(24)27)15(12(8-23-16)9-28-3)29-10-11-4-6-13(7-5-11)19(20,21)22/h4-8H,9-10H2,1-3H3. The summed E-state index contributed by atoms with van der Waals surface area (Å²) in [5.74, 6) is 0.333. The number of methoxy groups -OCH3 is 1. The zero-order valence-corrected chi connectivity index (χ0v) is 16.7. The summed E-state index contributed by atoms with van der Waals surface area (Å²) >= 11 is 1.29. The number of hydrogen-bond acceptors (Lipinski definition) is 5. The number of aromatic nitrogens is 3. The van der Waals surface area contributed by atoms with E-state index < -0.39 is 23.0 Å². The van der Waals surface area contributed by atoms with Crippen LogP contribution in [-0.4, -0.2) is 21.2 Å². The summed E-state index contributed by atoms with van der Waals surface area (Å²) < 4.78 is 45.7. The smallest absolute Gasteiger partial charge is 0.380 e. The van der Waals surface area contributed by atoms with Gasteiger partial charge in [0.2, 0.25) is 0 Å². The number of thioether (sulfide) groups is 1. The Morgan fingerprint density at radius 3 is 2.34 bits per heavy atom. The fourth-order valence-electron chi connectivity index (χ4n) is 2.91. The van der Waals surface area contributed by atoms with Crippen molar-refractivity contribution in [3.05, 3.63) is 68.0 Å². The molecule has 29 heavy (non-hydrogen) atoms. The molecule has 154 valence electrons. The fraction of sp³-hybridized carbons (Fsp3) is 0.316. The lowest BCUT2D eigenvalue weighted by Crippen LogP contribution is -2.37. The van der Waals surface area contributed by atoms with E-state index in [9.17, 15) is 22.8 Å². The average Bonchev–Trinajstić information content (AvgIpc) is 2.69. The van der Waals surface area contributed by atoms with E-state index in [4.69, 9.17) is 4.74 Å². The van der Waals surface area contributed by atoms with Gasteiger partial charge in [0.05, 0.1) is 17.6 Å². The van der Waals surface area contributed by atoms with Gasteiger partial charge in [0, 0.05) is 43.6 Å². The molecule has 0 aliphatic heterocycles. The molecule has 0 radical (unpaired) electrons. The molecule has 0 bridgehead atoms.